The molecule has 5 heteroatoms. The van der Waals surface area contributed by atoms with Gasteiger partial charge in [-0.05, 0) is 31.5 Å². The van der Waals surface area contributed by atoms with E-state index in [1.807, 2.05) is 32.0 Å². The van der Waals surface area contributed by atoms with Crippen LogP contribution in [0.5, 0.6) is 0 Å². The molecule has 1 aromatic rings. The van der Waals surface area contributed by atoms with E-state index in [1.54, 1.807) is 13.2 Å². The second-order valence-corrected chi connectivity index (χ2v) is 4.69. The fourth-order valence-electron chi connectivity index (χ4n) is 1.61. The van der Waals surface area contributed by atoms with Crippen molar-refractivity contribution in [3.63, 3.8) is 0 Å². The molecular formula is C13H19ClN2O2. The summed E-state index contributed by atoms with van der Waals surface area (Å²) in [6.07, 6.45) is 0. The van der Waals surface area contributed by atoms with Gasteiger partial charge in [0.1, 0.15) is 0 Å². The molecule has 1 aromatic carbocycles. The summed E-state index contributed by atoms with van der Waals surface area (Å²) in [6, 6.07) is 7.09. The van der Waals surface area contributed by atoms with Gasteiger partial charge in [-0.1, -0.05) is 23.7 Å². The number of benzene rings is 1. The summed E-state index contributed by atoms with van der Waals surface area (Å²) >= 11 is 5.91. The predicted octanol–water partition coefficient (Wildman–Crippen LogP) is 2.74. The number of carbonyl (C=O) groups excluding carboxylic acids is 1. The molecule has 18 heavy (non-hydrogen) atoms. The number of hydrogen-bond acceptors (Lipinski definition) is 2. The summed E-state index contributed by atoms with van der Waals surface area (Å²) < 4.78 is 4.95. The van der Waals surface area contributed by atoms with Crippen molar-refractivity contribution >= 4 is 17.6 Å². The van der Waals surface area contributed by atoms with Crippen molar-refractivity contribution in [1.29, 1.82) is 0 Å². The van der Waals surface area contributed by atoms with E-state index < -0.39 is 0 Å². The molecule has 0 fully saturated rings. The molecule has 0 aliphatic rings. The fraction of sp³-hybridized carbons (Fsp3) is 0.462. The summed E-state index contributed by atoms with van der Waals surface area (Å²) in [5.74, 6) is 0. The minimum absolute atomic E-state index is 0.0263. The lowest BCUT2D eigenvalue weighted by Crippen LogP contribution is -2.43. The normalized spacial score (nSPS) is 13.8. The summed E-state index contributed by atoms with van der Waals surface area (Å²) in [5, 5.41) is 6.30. The van der Waals surface area contributed by atoms with Crippen molar-refractivity contribution in [3.8, 4) is 0 Å². The van der Waals surface area contributed by atoms with E-state index in [0.29, 0.717) is 11.6 Å². The van der Waals surface area contributed by atoms with Crippen LogP contribution in [-0.4, -0.2) is 25.8 Å². The number of hydrogen-bond donors (Lipinski definition) is 2. The zero-order chi connectivity index (χ0) is 13.5. The van der Waals surface area contributed by atoms with Crippen molar-refractivity contribution in [1.82, 2.24) is 10.6 Å². The van der Waals surface area contributed by atoms with Crippen molar-refractivity contribution < 1.29 is 9.53 Å². The fourth-order valence-corrected chi connectivity index (χ4v) is 1.81. The summed E-state index contributed by atoms with van der Waals surface area (Å²) in [4.78, 5) is 11.7. The van der Waals surface area contributed by atoms with Gasteiger partial charge >= 0.3 is 6.03 Å². The molecule has 0 bridgehead atoms. The van der Waals surface area contributed by atoms with Crippen LogP contribution in [0.4, 0.5) is 4.79 Å². The largest absolute Gasteiger partial charge is 0.383 e. The molecule has 0 aromatic heterocycles. The van der Waals surface area contributed by atoms with E-state index in [0.717, 1.165) is 5.56 Å². The van der Waals surface area contributed by atoms with E-state index >= 15 is 0 Å². The highest BCUT2D eigenvalue weighted by molar-refractivity contribution is 6.30. The lowest BCUT2D eigenvalue weighted by molar-refractivity contribution is 0.170. The molecule has 0 radical (unpaired) electrons. The Morgan fingerprint density at radius 1 is 1.39 bits per heavy atom. The molecule has 0 spiro atoms. The summed E-state index contributed by atoms with van der Waals surface area (Å²) in [5.41, 5.74) is 0.969. The molecule has 2 atom stereocenters. The van der Waals surface area contributed by atoms with Crippen LogP contribution < -0.4 is 10.6 Å². The number of methoxy groups -OCH3 is 1. The Hall–Kier alpha value is -1.26. The highest BCUT2D eigenvalue weighted by Gasteiger charge is 2.11. The van der Waals surface area contributed by atoms with Gasteiger partial charge in [0.15, 0.2) is 0 Å². The molecule has 0 heterocycles. The van der Waals surface area contributed by atoms with E-state index in [9.17, 15) is 4.79 Å². The highest BCUT2D eigenvalue weighted by atomic mass is 35.5. The Kier molecular flexibility index (Phi) is 5.95. The molecule has 2 unspecified atom stereocenters. The lowest BCUT2D eigenvalue weighted by atomic mass is 10.1. The first-order chi connectivity index (χ1) is 8.52. The highest BCUT2D eigenvalue weighted by Crippen LogP contribution is 2.17. The molecule has 100 valence electrons. The Labute approximate surface area is 113 Å². The molecular weight excluding hydrogens is 252 g/mol. The van der Waals surface area contributed by atoms with Gasteiger partial charge in [0, 0.05) is 12.1 Å². The van der Waals surface area contributed by atoms with E-state index in [2.05, 4.69) is 10.6 Å². The quantitative estimate of drug-likeness (QED) is 0.864. The monoisotopic (exact) mass is 270 g/mol. The van der Waals surface area contributed by atoms with Crippen molar-refractivity contribution in [2.24, 2.45) is 0 Å². The first-order valence-electron chi connectivity index (χ1n) is 5.84. The van der Waals surface area contributed by atoms with Gasteiger partial charge in [-0.25, -0.2) is 4.79 Å². The maximum atomic E-state index is 11.7. The maximum Gasteiger partial charge on any atom is 0.315 e. The molecule has 2 amide bonds. The average molecular weight is 271 g/mol. The zero-order valence-electron chi connectivity index (χ0n) is 10.9. The van der Waals surface area contributed by atoms with Gasteiger partial charge in [0.05, 0.1) is 18.7 Å². The molecule has 0 saturated carbocycles. The third-order valence-corrected chi connectivity index (χ3v) is 2.73. The maximum absolute atomic E-state index is 11.7. The number of halogens is 1. The standard InChI is InChI=1S/C13H19ClN2O2/c1-9(8-18-3)15-13(17)16-10(2)11-5-4-6-12(14)7-11/h4-7,9-10H,8H2,1-3H3,(H2,15,16,17). The van der Waals surface area contributed by atoms with Crippen LogP contribution >= 0.6 is 11.6 Å². The molecule has 2 N–H and O–H groups in total. The number of carbonyl (C=O) groups is 1. The summed E-state index contributed by atoms with van der Waals surface area (Å²) in [6.45, 7) is 4.28. The van der Waals surface area contributed by atoms with Crippen LogP contribution in [0.1, 0.15) is 25.5 Å². The Morgan fingerprint density at radius 2 is 2.11 bits per heavy atom. The van der Waals surface area contributed by atoms with Crippen LogP contribution in [-0.2, 0) is 4.74 Å². The Bertz CT molecular complexity index is 398. The minimum atomic E-state index is -0.216. The number of nitrogens with one attached hydrogen (secondary N) is 2. The average Bonchev–Trinajstić information content (AvgIpc) is 2.28. The zero-order valence-corrected chi connectivity index (χ0v) is 11.6. The number of ether oxygens (including phenoxy) is 1. The first kappa shape index (κ1) is 14.8. The van der Waals surface area contributed by atoms with Crippen molar-refractivity contribution in [2.75, 3.05) is 13.7 Å². The third kappa shape index (κ3) is 4.94. The van der Waals surface area contributed by atoms with Gasteiger partial charge < -0.3 is 15.4 Å². The van der Waals surface area contributed by atoms with Gasteiger partial charge in [0.2, 0.25) is 0 Å². The number of rotatable bonds is 5. The van der Waals surface area contributed by atoms with E-state index in [1.165, 1.54) is 0 Å². The Morgan fingerprint density at radius 3 is 2.72 bits per heavy atom. The summed E-state index contributed by atoms with van der Waals surface area (Å²) in [7, 11) is 1.60. The van der Waals surface area contributed by atoms with Crippen LogP contribution in [0, 0.1) is 0 Å². The van der Waals surface area contributed by atoms with Crippen molar-refractivity contribution in [2.45, 2.75) is 25.9 Å². The van der Waals surface area contributed by atoms with E-state index in [4.69, 9.17) is 16.3 Å². The third-order valence-electron chi connectivity index (χ3n) is 2.49. The lowest BCUT2D eigenvalue weighted by Gasteiger charge is -2.18. The Balaban J connectivity index is 2.49. The van der Waals surface area contributed by atoms with Gasteiger partial charge in [0.25, 0.3) is 0 Å². The minimum Gasteiger partial charge on any atom is -0.383 e. The number of amides is 2. The predicted molar refractivity (Wildman–Crippen MR) is 72.9 cm³/mol. The smallest absolute Gasteiger partial charge is 0.315 e. The molecule has 0 aliphatic carbocycles. The number of urea groups is 1. The van der Waals surface area contributed by atoms with Gasteiger partial charge in [-0.15, -0.1) is 0 Å². The van der Waals surface area contributed by atoms with Crippen molar-refractivity contribution in [3.05, 3.63) is 34.9 Å². The van der Waals surface area contributed by atoms with Crippen LogP contribution in [0.15, 0.2) is 24.3 Å². The van der Waals surface area contributed by atoms with Gasteiger partial charge in [-0.2, -0.15) is 0 Å². The second kappa shape index (κ2) is 7.24. The van der Waals surface area contributed by atoms with E-state index in [-0.39, 0.29) is 18.1 Å². The van der Waals surface area contributed by atoms with Crippen LogP contribution in [0.3, 0.4) is 0 Å². The molecule has 0 aliphatic heterocycles. The molecule has 0 saturated heterocycles. The second-order valence-electron chi connectivity index (χ2n) is 4.25. The van der Waals surface area contributed by atoms with Gasteiger partial charge in [-0.3, -0.25) is 0 Å². The van der Waals surface area contributed by atoms with Crippen LogP contribution in [0.25, 0.3) is 0 Å². The first-order valence-corrected chi connectivity index (χ1v) is 6.22. The topological polar surface area (TPSA) is 50.4 Å². The molecule has 4 nitrogen and oxygen atoms in total. The molecule has 1 rings (SSSR count). The SMILES string of the molecule is COCC(C)NC(=O)NC(C)c1cccc(Cl)c1. The van der Waals surface area contributed by atoms with Crippen LogP contribution in [0.2, 0.25) is 5.02 Å².